The fourth-order valence-electron chi connectivity index (χ4n) is 5.29. The lowest BCUT2D eigenvalue weighted by Crippen LogP contribution is -2.31. The van der Waals surface area contributed by atoms with Crippen LogP contribution in [0.15, 0.2) is 102 Å². The van der Waals surface area contributed by atoms with E-state index in [9.17, 15) is 24.6 Å². The number of rotatable bonds is 14. The number of nitrogens with two attached hydrogens (primary N) is 1. The van der Waals surface area contributed by atoms with Crippen molar-refractivity contribution in [3.63, 3.8) is 0 Å². The van der Waals surface area contributed by atoms with E-state index in [0.717, 1.165) is 21.6 Å². The normalized spacial score (nSPS) is 17.4. The molecule has 10 nitrogen and oxygen atoms in total. The Kier molecular flexibility index (Phi) is 12.2. The van der Waals surface area contributed by atoms with Crippen molar-refractivity contribution in [2.45, 2.75) is 62.1 Å². The van der Waals surface area contributed by atoms with E-state index >= 15 is 0 Å². The number of nitrogen functional groups attached to an aromatic ring is 1. The Bertz CT molecular complexity index is 1700. The Balaban J connectivity index is 1.18. The molecular weight excluding hydrogens is 630 g/mol. The van der Waals surface area contributed by atoms with E-state index in [0.29, 0.717) is 42.1 Å². The van der Waals surface area contributed by atoms with Crippen LogP contribution < -0.4 is 16.4 Å². The summed E-state index contributed by atoms with van der Waals surface area (Å²) in [4.78, 5) is 37.2. The monoisotopic (exact) mass is 669 g/mol. The number of carboxylic acids is 1. The van der Waals surface area contributed by atoms with E-state index in [1.807, 2.05) is 42.5 Å². The number of carboxylic acid groups (broad SMARTS) is 1. The lowest BCUT2D eigenvalue weighted by molar-refractivity contribution is -0.245. The van der Waals surface area contributed by atoms with Crippen LogP contribution in [-0.2, 0) is 25.7 Å². The molecule has 1 heterocycles. The third-order valence-corrected chi connectivity index (χ3v) is 9.03. The van der Waals surface area contributed by atoms with Crippen molar-refractivity contribution in [3.05, 3.63) is 119 Å². The van der Waals surface area contributed by atoms with Gasteiger partial charge in [-0.2, -0.15) is 0 Å². The van der Waals surface area contributed by atoms with Crippen molar-refractivity contribution in [1.29, 1.82) is 0 Å². The van der Waals surface area contributed by atoms with Gasteiger partial charge in [0.1, 0.15) is 0 Å². The first-order chi connectivity index (χ1) is 23.3. The Morgan fingerprint density at radius 3 is 2.21 bits per heavy atom. The number of para-hydroxylation sites is 2. The number of ether oxygens (including phenoxy) is 2. The zero-order valence-electron chi connectivity index (χ0n) is 26.3. The summed E-state index contributed by atoms with van der Waals surface area (Å²) in [6.07, 6.45) is 1.09. The quantitative estimate of drug-likeness (QED) is 0.0545. The van der Waals surface area contributed by atoms with Gasteiger partial charge >= 0.3 is 5.97 Å². The predicted octanol–water partition coefficient (Wildman–Crippen LogP) is 6.93. The number of amides is 2. The maximum Gasteiger partial charge on any atom is 0.335 e. The fraction of sp³-hybridized carbons (Fsp3) is 0.270. The number of nitrogens with one attached hydrogen (secondary N) is 2. The first kappa shape index (κ1) is 34.6. The molecule has 0 radical (unpaired) electrons. The van der Waals surface area contributed by atoms with Gasteiger partial charge in [0.25, 0.3) is 0 Å². The number of aliphatic hydroxyl groups is 1. The molecule has 3 unspecified atom stereocenters. The molecule has 0 bridgehead atoms. The summed E-state index contributed by atoms with van der Waals surface area (Å²) in [7, 11) is 0. The van der Waals surface area contributed by atoms with E-state index in [2.05, 4.69) is 10.6 Å². The maximum absolute atomic E-state index is 12.8. The number of aliphatic hydroxyl groups excluding tert-OH is 1. The minimum Gasteiger partial charge on any atom is -0.478 e. The molecule has 4 aromatic carbocycles. The van der Waals surface area contributed by atoms with Gasteiger partial charge in [0.05, 0.1) is 35.8 Å². The van der Waals surface area contributed by atoms with Gasteiger partial charge in [-0.05, 0) is 72.5 Å². The molecule has 6 N–H and O–H groups in total. The Morgan fingerprint density at radius 2 is 1.52 bits per heavy atom. The SMILES string of the molecule is Nc1ccccc1NC(=O)CCCCC(=O)Nc1cccc(C2OC(CSc3ccc(C(=O)O)cc3)CC(c3ccc(CO)cc3)O2)c1. The first-order valence-corrected chi connectivity index (χ1v) is 16.8. The smallest absolute Gasteiger partial charge is 0.335 e. The highest BCUT2D eigenvalue weighted by Crippen LogP contribution is 2.40. The molecule has 0 aromatic heterocycles. The standard InChI is InChI=1S/C37H39N3O7S/c38-31-8-1-2-9-32(31)40-35(43)11-4-3-10-34(42)39-28-7-5-6-27(20-28)37-46-29(23-48-30-18-16-26(17-19-30)36(44)45)21-33(47-37)25-14-12-24(22-41)13-15-25/h1-2,5-9,12-20,29,33,37,41H,3-4,10-11,21-23,38H2,(H,39,42)(H,40,43)(H,44,45). The number of thioether (sulfide) groups is 1. The van der Waals surface area contributed by atoms with Crippen molar-refractivity contribution in [3.8, 4) is 0 Å². The molecule has 0 spiro atoms. The number of hydrogen-bond acceptors (Lipinski definition) is 8. The Labute approximate surface area is 283 Å². The van der Waals surface area contributed by atoms with Crippen LogP contribution in [0.1, 0.15) is 71.5 Å². The van der Waals surface area contributed by atoms with Gasteiger partial charge in [-0.3, -0.25) is 9.59 Å². The average Bonchev–Trinajstić information content (AvgIpc) is 3.10. The van der Waals surface area contributed by atoms with Gasteiger partial charge in [-0.25, -0.2) is 4.79 Å². The number of benzene rings is 4. The molecule has 4 aromatic rings. The van der Waals surface area contributed by atoms with E-state index in [4.69, 9.17) is 15.2 Å². The highest BCUT2D eigenvalue weighted by Gasteiger charge is 2.32. The molecule has 5 rings (SSSR count). The zero-order chi connectivity index (χ0) is 33.9. The molecule has 2 amide bonds. The van der Waals surface area contributed by atoms with E-state index < -0.39 is 12.3 Å². The van der Waals surface area contributed by atoms with Crippen molar-refractivity contribution in [1.82, 2.24) is 0 Å². The number of aromatic carboxylic acids is 1. The summed E-state index contributed by atoms with van der Waals surface area (Å²) in [5.41, 5.74) is 10.3. The predicted molar refractivity (Wildman–Crippen MR) is 186 cm³/mol. The molecular formula is C37H39N3O7S. The third-order valence-electron chi connectivity index (χ3n) is 7.89. The molecule has 0 aliphatic carbocycles. The summed E-state index contributed by atoms with van der Waals surface area (Å²) >= 11 is 1.58. The number of anilines is 3. The van der Waals surface area contributed by atoms with Crippen LogP contribution in [0.3, 0.4) is 0 Å². The van der Waals surface area contributed by atoms with Crippen molar-refractivity contribution in [2.75, 3.05) is 22.1 Å². The minimum absolute atomic E-state index is 0.0465. The van der Waals surface area contributed by atoms with Crippen LogP contribution in [0.4, 0.5) is 17.1 Å². The Morgan fingerprint density at radius 1 is 0.812 bits per heavy atom. The second kappa shape index (κ2) is 16.9. The van der Waals surface area contributed by atoms with Crippen LogP contribution >= 0.6 is 11.8 Å². The highest BCUT2D eigenvalue weighted by molar-refractivity contribution is 7.99. The van der Waals surface area contributed by atoms with Crippen LogP contribution in [0.2, 0.25) is 0 Å². The highest BCUT2D eigenvalue weighted by atomic mass is 32.2. The fourth-order valence-corrected chi connectivity index (χ4v) is 6.21. The number of carbonyl (C=O) groups is 3. The second-order valence-corrected chi connectivity index (χ2v) is 12.6. The van der Waals surface area contributed by atoms with Crippen molar-refractivity contribution < 1.29 is 34.1 Å². The van der Waals surface area contributed by atoms with Gasteiger partial charge in [0, 0.05) is 41.2 Å². The third kappa shape index (κ3) is 9.91. The lowest BCUT2D eigenvalue weighted by Gasteiger charge is -2.36. The first-order valence-electron chi connectivity index (χ1n) is 15.8. The second-order valence-electron chi connectivity index (χ2n) is 11.5. The average molecular weight is 670 g/mol. The van der Waals surface area contributed by atoms with E-state index in [-0.39, 0.29) is 49.0 Å². The number of carbonyl (C=O) groups excluding carboxylic acids is 2. The minimum atomic E-state index is -0.967. The Hall–Kier alpha value is -4.68. The largest absolute Gasteiger partial charge is 0.478 e. The van der Waals surface area contributed by atoms with Crippen molar-refractivity contribution >= 4 is 46.6 Å². The maximum atomic E-state index is 12.8. The molecule has 1 aliphatic heterocycles. The molecule has 0 saturated carbocycles. The van der Waals surface area contributed by atoms with Gasteiger partial charge in [-0.15, -0.1) is 11.8 Å². The lowest BCUT2D eigenvalue weighted by atomic mass is 10.0. The summed E-state index contributed by atoms with van der Waals surface area (Å²) in [6, 6.07) is 28.9. The molecule has 11 heteroatoms. The molecule has 1 fully saturated rings. The van der Waals surface area contributed by atoms with Crippen LogP contribution in [0, 0.1) is 0 Å². The summed E-state index contributed by atoms with van der Waals surface area (Å²) in [6.45, 7) is -0.0465. The topological polar surface area (TPSA) is 160 Å². The molecule has 1 aliphatic rings. The molecule has 1 saturated heterocycles. The van der Waals surface area contributed by atoms with Crippen molar-refractivity contribution in [2.24, 2.45) is 0 Å². The molecule has 250 valence electrons. The molecule has 48 heavy (non-hydrogen) atoms. The van der Waals surface area contributed by atoms with Crippen LogP contribution in [-0.4, -0.2) is 39.9 Å². The molecule has 3 atom stereocenters. The zero-order valence-corrected chi connectivity index (χ0v) is 27.2. The number of hydrogen-bond donors (Lipinski definition) is 5. The van der Waals surface area contributed by atoms with E-state index in [1.165, 1.54) is 0 Å². The number of unbranched alkanes of at least 4 members (excludes halogenated alkanes) is 1. The van der Waals surface area contributed by atoms with Gasteiger partial charge in [0.2, 0.25) is 11.8 Å². The van der Waals surface area contributed by atoms with Gasteiger partial charge < -0.3 is 36.1 Å². The van der Waals surface area contributed by atoms with Crippen LogP contribution in [0.5, 0.6) is 0 Å². The van der Waals surface area contributed by atoms with Gasteiger partial charge in [0.15, 0.2) is 6.29 Å². The van der Waals surface area contributed by atoms with E-state index in [1.54, 1.807) is 66.4 Å². The van der Waals surface area contributed by atoms with Gasteiger partial charge in [-0.1, -0.05) is 48.5 Å². The summed E-state index contributed by atoms with van der Waals surface area (Å²) in [5, 5.41) is 24.4. The summed E-state index contributed by atoms with van der Waals surface area (Å²) < 4.78 is 12.9. The summed E-state index contributed by atoms with van der Waals surface area (Å²) in [5.74, 6) is -0.658. The van der Waals surface area contributed by atoms with Crippen LogP contribution in [0.25, 0.3) is 0 Å².